The molecule has 11 nitrogen and oxygen atoms in total. The van der Waals surface area contributed by atoms with Gasteiger partial charge in [0.05, 0.1) is 31.6 Å². The first-order valence-corrected chi connectivity index (χ1v) is 14.3. The third-order valence-corrected chi connectivity index (χ3v) is 6.53. The van der Waals surface area contributed by atoms with Crippen molar-refractivity contribution in [1.29, 1.82) is 0 Å². The Kier molecular flexibility index (Phi) is 15.2. The summed E-state index contributed by atoms with van der Waals surface area (Å²) in [5, 5.41) is 8.31. The van der Waals surface area contributed by atoms with Crippen LogP contribution in [-0.4, -0.2) is 58.6 Å². The van der Waals surface area contributed by atoms with Gasteiger partial charge < -0.3 is 35.7 Å². The van der Waals surface area contributed by atoms with Gasteiger partial charge in [0.25, 0.3) is 5.91 Å². The molecule has 0 aliphatic carbocycles. The van der Waals surface area contributed by atoms with Gasteiger partial charge in [-0.25, -0.2) is 4.98 Å². The van der Waals surface area contributed by atoms with Crippen molar-refractivity contribution in [3.05, 3.63) is 115 Å². The third-order valence-electron chi connectivity index (χ3n) is 6.53. The van der Waals surface area contributed by atoms with Gasteiger partial charge in [0.1, 0.15) is 24.4 Å². The van der Waals surface area contributed by atoms with Crippen molar-refractivity contribution in [2.45, 2.75) is 38.1 Å². The maximum Gasteiger partial charge on any atom is 0.250 e. The van der Waals surface area contributed by atoms with Crippen LogP contribution >= 0.6 is 24.8 Å². The van der Waals surface area contributed by atoms with Crippen molar-refractivity contribution in [1.82, 2.24) is 20.2 Å². The second kappa shape index (κ2) is 18.5. The van der Waals surface area contributed by atoms with E-state index in [4.69, 9.17) is 15.2 Å². The molecule has 0 fully saturated rings. The Labute approximate surface area is 281 Å². The van der Waals surface area contributed by atoms with Crippen LogP contribution in [0.4, 0.5) is 5.82 Å². The van der Waals surface area contributed by atoms with Crippen molar-refractivity contribution >= 4 is 48.4 Å². The van der Waals surface area contributed by atoms with Crippen molar-refractivity contribution in [2.24, 2.45) is 5.73 Å². The number of halogens is 2. The summed E-state index contributed by atoms with van der Waals surface area (Å²) in [6.45, 7) is 3.84. The van der Waals surface area contributed by atoms with Crippen molar-refractivity contribution < 1.29 is 23.9 Å². The molecule has 3 aromatic carbocycles. The van der Waals surface area contributed by atoms with E-state index in [0.29, 0.717) is 12.4 Å². The standard InChI is InChI=1S/C33H38N6O5.2ClH/c1-33(2,34)32(42)37-27(22-43-21-24-12-6-3-7-13-24)30(40)38-28-20-39(23-36-28)29(25-14-8-4-9-15-25)31(41)35-18-19-44-26-16-10-5-11-17-26;;/h3-17,20,23,27,29H,18-19,21-22,34H2,1-2H3,(H,35,41)(H,37,42)(H,38,40);2*1H/t27-,29?;;/m1../s1. The molecule has 0 aliphatic rings. The summed E-state index contributed by atoms with van der Waals surface area (Å²) in [6.07, 6.45) is 3.03. The number of para-hydroxylation sites is 1. The highest BCUT2D eigenvalue weighted by molar-refractivity contribution is 5.98. The molecule has 4 aromatic rings. The Bertz CT molecular complexity index is 1500. The fraction of sp³-hybridized carbons (Fsp3) is 0.273. The summed E-state index contributed by atoms with van der Waals surface area (Å²) in [7, 11) is 0. The van der Waals surface area contributed by atoms with E-state index < -0.39 is 29.4 Å². The predicted octanol–water partition coefficient (Wildman–Crippen LogP) is 3.89. The van der Waals surface area contributed by atoms with Crippen LogP contribution in [0.2, 0.25) is 0 Å². The lowest BCUT2D eigenvalue weighted by Crippen LogP contribution is -2.56. The van der Waals surface area contributed by atoms with E-state index in [2.05, 4.69) is 20.9 Å². The fourth-order valence-corrected chi connectivity index (χ4v) is 4.20. The number of nitrogens with one attached hydrogen (secondary N) is 3. The minimum absolute atomic E-state index is 0. The second-order valence-electron chi connectivity index (χ2n) is 10.7. The average Bonchev–Trinajstić information content (AvgIpc) is 3.47. The zero-order valence-corrected chi connectivity index (χ0v) is 27.3. The van der Waals surface area contributed by atoms with E-state index in [-0.39, 0.29) is 56.3 Å². The Morgan fingerprint density at radius 2 is 1.50 bits per heavy atom. The molecule has 0 spiro atoms. The second-order valence-corrected chi connectivity index (χ2v) is 10.7. The van der Waals surface area contributed by atoms with Gasteiger partial charge in [0.2, 0.25) is 11.8 Å². The first kappa shape index (κ1) is 37.8. The molecule has 1 unspecified atom stereocenters. The van der Waals surface area contributed by atoms with Crippen molar-refractivity contribution in [2.75, 3.05) is 25.1 Å². The summed E-state index contributed by atoms with van der Waals surface area (Å²) in [5.41, 5.74) is 6.40. The summed E-state index contributed by atoms with van der Waals surface area (Å²) >= 11 is 0. The molecule has 2 atom stereocenters. The maximum absolute atomic E-state index is 13.4. The van der Waals surface area contributed by atoms with E-state index in [1.165, 1.54) is 6.33 Å². The lowest BCUT2D eigenvalue weighted by molar-refractivity contribution is -0.130. The Morgan fingerprint density at radius 3 is 2.13 bits per heavy atom. The monoisotopic (exact) mass is 670 g/mol. The van der Waals surface area contributed by atoms with Gasteiger partial charge in [-0.05, 0) is 37.1 Å². The first-order chi connectivity index (χ1) is 21.2. The number of nitrogens with two attached hydrogens (primary N) is 1. The molecule has 1 aromatic heterocycles. The van der Waals surface area contributed by atoms with Gasteiger partial charge in [0.15, 0.2) is 5.82 Å². The zero-order chi connectivity index (χ0) is 31.4. The minimum atomic E-state index is -1.21. The lowest BCUT2D eigenvalue weighted by atomic mass is 10.1. The molecule has 246 valence electrons. The number of ether oxygens (including phenoxy) is 2. The number of rotatable bonds is 15. The number of hydrogen-bond donors (Lipinski definition) is 4. The number of nitrogens with zero attached hydrogens (tertiary/aromatic N) is 2. The van der Waals surface area contributed by atoms with Crippen LogP contribution < -0.4 is 26.4 Å². The van der Waals surface area contributed by atoms with Crippen molar-refractivity contribution in [3.8, 4) is 5.75 Å². The number of anilines is 1. The molecule has 4 rings (SSSR count). The molecule has 0 aliphatic heterocycles. The van der Waals surface area contributed by atoms with Crippen LogP contribution in [-0.2, 0) is 25.7 Å². The van der Waals surface area contributed by atoms with Crippen LogP contribution in [0.15, 0.2) is 104 Å². The van der Waals surface area contributed by atoms with Crippen LogP contribution in [0.1, 0.15) is 31.0 Å². The first-order valence-electron chi connectivity index (χ1n) is 14.3. The number of hydrogen-bond acceptors (Lipinski definition) is 7. The largest absolute Gasteiger partial charge is 0.492 e. The van der Waals surface area contributed by atoms with Crippen molar-refractivity contribution in [3.63, 3.8) is 0 Å². The zero-order valence-electron chi connectivity index (χ0n) is 25.6. The lowest BCUT2D eigenvalue weighted by Gasteiger charge is -2.23. The Hall–Kier alpha value is -4.42. The van der Waals surface area contributed by atoms with Gasteiger partial charge >= 0.3 is 0 Å². The molecule has 0 bridgehead atoms. The summed E-state index contributed by atoms with van der Waals surface area (Å²) in [4.78, 5) is 43.6. The molecule has 0 saturated carbocycles. The molecule has 0 saturated heterocycles. The third kappa shape index (κ3) is 11.5. The van der Waals surface area contributed by atoms with Crippen LogP contribution in [0.25, 0.3) is 0 Å². The predicted molar refractivity (Wildman–Crippen MR) is 181 cm³/mol. The van der Waals surface area contributed by atoms with Gasteiger partial charge in [-0.1, -0.05) is 78.9 Å². The Morgan fingerprint density at radius 1 is 0.891 bits per heavy atom. The molecule has 0 radical (unpaired) electrons. The van der Waals surface area contributed by atoms with Gasteiger partial charge in [-0.15, -0.1) is 24.8 Å². The highest BCUT2D eigenvalue weighted by Crippen LogP contribution is 2.20. The fourth-order valence-electron chi connectivity index (χ4n) is 4.20. The van der Waals surface area contributed by atoms with E-state index in [0.717, 1.165) is 11.1 Å². The molecule has 1 heterocycles. The normalized spacial score (nSPS) is 12.0. The number of amides is 3. The molecule has 46 heavy (non-hydrogen) atoms. The van der Waals surface area contributed by atoms with Crippen LogP contribution in [0, 0.1) is 0 Å². The SMILES string of the molecule is CC(C)(N)C(=O)N[C@H](COCc1ccccc1)C(=O)Nc1cn(C(C(=O)NCCOc2ccccc2)c2ccccc2)cn1.Cl.Cl. The minimum Gasteiger partial charge on any atom is -0.492 e. The van der Waals surface area contributed by atoms with E-state index in [1.807, 2.05) is 91.0 Å². The van der Waals surface area contributed by atoms with Gasteiger partial charge in [-0.3, -0.25) is 14.4 Å². The Balaban J connectivity index is 0.00000368. The topological polar surface area (TPSA) is 150 Å². The number of carbonyl (C=O) groups is 3. The number of aromatic nitrogens is 2. The summed E-state index contributed by atoms with van der Waals surface area (Å²) in [6, 6.07) is 26.3. The van der Waals surface area contributed by atoms with E-state index in [1.54, 1.807) is 24.6 Å². The van der Waals surface area contributed by atoms with E-state index in [9.17, 15) is 14.4 Å². The van der Waals surface area contributed by atoms with E-state index >= 15 is 0 Å². The van der Waals surface area contributed by atoms with Gasteiger partial charge in [-0.2, -0.15) is 0 Å². The number of carbonyl (C=O) groups excluding carboxylic acids is 3. The van der Waals surface area contributed by atoms with Crippen LogP contribution in [0.5, 0.6) is 5.75 Å². The quantitative estimate of drug-likeness (QED) is 0.140. The average molecular weight is 672 g/mol. The molecular weight excluding hydrogens is 631 g/mol. The number of benzene rings is 3. The molecule has 3 amide bonds. The summed E-state index contributed by atoms with van der Waals surface area (Å²) in [5.74, 6) is -0.409. The molecule has 13 heteroatoms. The highest BCUT2D eigenvalue weighted by Gasteiger charge is 2.29. The summed E-state index contributed by atoms with van der Waals surface area (Å²) < 4.78 is 13.1. The number of imidazole rings is 1. The van der Waals surface area contributed by atoms with Crippen LogP contribution in [0.3, 0.4) is 0 Å². The highest BCUT2D eigenvalue weighted by atomic mass is 35.5. The smallest absolute Gasteiger partial charge is 0.250 e. The molecule has 5 N–H and O–H groups in total. The molecular formula is C33H40Cl2N6O5. The van der Waals surface area contributed by atoms with Gasteiger partial charge in [0, 0.05) is 6.20 Å². The maximum atomic E-state index is 13.4.